The molecule has 0 bridgehead atoms. The molecule has 0 heterocycles. The van der Waals surface area contributed by atoms with Crippen LogP contribution in [0.4, 0.5) is 11.4 Å². The Balaban J connectivity index is 2.28. The Bertz CT molecular complexity index is 656. The average molecular weight is 305 g/mol. The smallest absolute Gasteiger partial charge is 0.335 e. The van der Waals surface area contributed by atoms with E-state index in [1.807, 2.05) is 43.1 Å². The van der Waals surface area contributed by atoms with Gasteiger partial charge in [-0.05, 0) is 42.8 Å². The quantitative estimate of drug-likeness (QED) is 0.843. The van der Waals surface area contributed by atoms with Gasteiger partial charge in [-0.1, -0.05) is 23.7 Å². The van der Waals surface area contributed by atoms with E-state index >= 15 is 0 Å². The summed E-state index contributed by atoms with van der Waals surface area (Å²) >= 11 is 5.90. The Hall–Kier alpha value is -2.20. The second kappa shape index (κ2) is 6.06. The fourth-order valence-corrected chi connectivity index (χ4v) is 2.31. The summed E-state index contributed by atoms with van der Waals surface area (Å²) in [6, 6.07) is 12.5. The minimum absolute atomic E-state index is 0.0836. The maximum Gasteiger partial charge on any atom is 0.335 e. The summed E-state index contributed by atoms with van der Waals surface area (Å²) in [5.74, 6) is -0.985. The van der Waals surface area contributed by atoms with E-state index in [1.54, 1.807) is 12.1 Å². The second-order valence-electron chi connectivity index (χ2n) is 4.92. The molecule has 2 rings (SSSR count). The fraction of sp³-hybridized carbons (Fsp3) is 0.188. The van der Waals surface area contributed by atoms with Gasteiger partial charge >= 0.3 is 5.97 Å². The number of aromatic carboxylic acids is 1. The van der Waals surface area contributed by atoms with E-state index in [1.165, 1.54) is 6.07 Å². The van der Waals surface area contributed by atoms with E-state index in [9.17, 15) is 4.79 Å². The zero-order valence-electron chi connectivity index (χ0n) is 11.9. The topological polar surface area (TPSA) is 66.6 Å². The van der Waals surface area contributed by atoms with Crippen molar-refractivity contribution in [2.75, 3.05) is 17.7 Å². The highest BCUT2D eigenvalue weighted by atomic mass is 35.5. The first-order valence-corrected chi connectivity index (χ1v) is 6.89. The van der Waals surface area contributed by atoms with Gasteiger partial charge in [-0.2, -0.15) is 0 Å². The molecule has 0 aromatic heterocycles. The first-order valence-electron chi connectivity index (χ1n) is 6.51. The number of nitrogens with two attached hydrogens (primary N) is 1. The van der Waals surface area contributed by atoms with Gasteiger partial charge in [0, 0.05) is 12.1 Å². The van der Waals surface area contributed by atoms with Crippen molar-refractivity contribution in [3.63, 3.8) is 0 Å². The SMILES string of the molecule is CC(c1ccc(Cl)cc1)N(C)c1ccc(C(=O)O)cc1N. The highest BCUT2D eigenvalue weighted by Crippen LogP contribution is 2.30. The van der Waals surface area contributed by atoms with Crippen LogP contribution in [0.15, 0.2) is 42.5 Å². The van der Waals surface area contributed by atoms with Crippen LogP contribution in [-0.2, 0) is 0 Å². The molecule has 0 radical (unpaired) electrons. The number of nitrogens with zero attached hydrogens (tertiary/aromatic N) is 1. The van der Waals surface area contributed by atoms with Crippen molar-refractivity contribution in [1.82, 2.24) is 0 Å². The van der Waals surface area contributed by atoms with Gasteiger partial charge in [0.05, 0.1) is 23.0 Å². The van der Waals surface area contributed by atoms with E-state index in [-0.39, 0.29) is 11.6 Å². The van der Waals surface area contributed by atoms with Crippen molar-refractivity contribution >= 4 is 28.9 Å². The summed E-state index contributed by atoms with van der Waals surface area (Å²) in [5.41, 5.74) is 8.50. The number of hydrogen-bond acceptors (Lipinski definition) is 3. The summed E-state index contributed by atoms with van der Waals surface area (Å²) in [4.78, 5) is 12.9. The zero-order chi connectivity index (χ0) is 15.6. The van der Waals surface area contributed by atoms with Crippen LogP contribution >= 0.6 is 11.6 Å². The molecule has 2 aromatic rings. The number of nitrogen functional groups attached to an aromatic ring is 1. The fourth-order valence-electron chi connectivity index (χ4n) is 2.18. The van der Waals surface area contributed by atoms with E-state index in [0.29, 0.717) is 10.7 Å². The number of hydrogen-bond donors (Lipinski definition) is 2. The number of benzene rings is 2. The number of anilines is 2. The Morgan fingerprint density at radius 1 is 1.24 bits per heavy atom. The minimum Gasteiger partial charge on any atom is -0.478 e. The van der Waals surface area contributed by atoms with Crippen LogP contribution in [0, 0.1) is 0 Å². The molecule has 0 spiro atoms. The van der Waals surface area contributed by atoms with Crippen molar-refractivity contribution in [2.24, 2.45) is 0 Å². The van der Waals surface area contributed by atoms with Crippen LogP contribution < -0.4 is 10.6 Å². The highest BCUT2D eigenvalue weighted by Gasteiger charge is 2.15. The monoisotopic (exact) mass is 304 g/mol. The normalized spacial score (nSPS) is 12.0. The van der Waals surface area contributed by atoms with Gasteiger partial charge in [-0.15, -0.1) is 0 Å². The molecule has 0 saturated carbocycles. The number of halogens is 1. The van der Waals surface area contributed by atoms with Crippen molar-refractivity contribution in [3.8, 4) is 0 Å². The molecule has 1 atom stereocenters. The van der Waals surface area contributed by atoms with E-state index in [0.717, 1.165) is 11.3 Å². The first kappa shape index (κ1) is 15.2. The predicted octanol–water partition coefficient (Wildman–Crippen LogP) is 3.82. The van der Waals surface area contributed by atoms with Gasteiger partial charge < -0.3 is 15.7 Å². The maximum atomic E-state index is 10.9. The van der Waals surface area contributed by atoms with Crippen molar-refractivity contribution in [3.05, 3.63) is 58.6 Å². The van der Waals surface area contributed by atoms with E-state index in [4.69, 9.17) is 22.4 Å². The Morgan fingerprint density at radius 2 is 1.86 bits per heavy atom. The lowest BCUT2D eigenvalue weighted by atomic mass is 10.1. The van der Waals surface area contributed by atoms with Gasteiger partial charge in [-0.25, -0.2) is 4.79 Å². The highest BCUT2D eigenvalue weighted by molar-refractivity contribution is 6.30. The van der Waals surface area contributed by atoms with Crippen LogP contribution in [0.3, 0.4) is 0 Å². The summed E-state index contributed by atoms with van der Waals surface area (Å²) in [5, 5.41) is 9.66. The van der Waals surface area contributed by atoms with Gasteiger partial charge in [-0.3, -0.25) is 0 Å². The molecule has 3 N–H and O–H groups in total. The van der Waals surface area contributed by atoms with Crippen LogP contribution in [0.25, 0.3) is 0 Å². The molecule has 2 aromatic carbocycles. The number of carboxylic acid groups (broad SMARTS) is 1. The number of rotatable bonds is 4. The molecule has 1 unspecified atom stereocenters. The molecular weight excluding hydrogens is 288 g/mol. The zero-order valence-corrected chi connectivity index (χ0v) is 12.6. The van der Waals surface area contributed by atoms with Gasteiger partial charge in [0.15, 0.2) is 0 Å². The van der Waals surface area contributed by atoms with Crippen LogP contribution in [0.1, 0.15) is 28.9 Å². The van der Waals surface area contributed by atoms with Crippen LogP contribution in [0.5, 0.6) is 0 Å². The van der Waals surface area contributed by atoms with E-state index in [2.05, 4.69) is 0 Å². The summed E-state index contributed by atoms with van der Waals surface area (Å²) in [6.45, 7) is 2.05. The molecule has 0 aliphatic carbocycles. The standard InChI is InChI=1S/C16H17ClN2O2/c1-10(11-3-6-13(17)7-4-11)19(2)15-8-5-12(16(20)21)9-14(15)18/h3-10H,18H2,1-2H3,(H,20,21). The summed E-state index contributed by atoms with van der Waals surface area (Å²) in [7, 11) is 1.92. The van der Waals surface area contributed by atoms with Crippen molar-refractivity contribution < 1.29 is 9.90 Å². The maximum absolute atomic E-state index is 10.9. The summed E-state index contributed by atoms with van der Waals surface area (Å²) in [6.07, 6.45) is 0. The molecule has 110 valence electrons. The molecule has 0 fully saturated rings. The summed E-state index contributed by atoms with van der Waals surface area (Å²) < 4.78 is 0. The molecule has 0 saturated heterocycles. The molecule has 0 aliphatic heterocycles. The molecule has 0 aliphatic rings. The number of carbonyl (C=O) groups is 1. The van der Waals surface area contributed by atoms with Crippen molar-refractivity contribution in [1.29, 1.82) is 0 Å². The van der Waals surface area contributed by atoms with Crippen molar-refractivity contribution in [2.45, 2.75) is 13.0 Å². The minimum atomic E-state index is -0.985. The molecule has 0 amide bonds. The largest absolute Gasteiger partial charge is 0.478 e. The number of carboxylic acids is 1. The van der Waals surface area contributed by atoms with Gasteiger partial charge in [0.2, 0.25) is 0 Å². The van der Waals surface area contributed by atoms with Crippen LogP contribution in [0.2, 0.25) is 5.02 Å². The lowest BCUT2D eigenvalue weighted by Crippen LogP contribution is -2.22. The predicted molar refractivity (Wildman–Crippen MR) is 86.1 cm³/mol. The Kier molecular flexibility index (Phi) is 4.38. The Labute approximate surface area is 128 Å². The van der Waals surface area contributed by atoms with Gasteiger partial charge in [0.25, 0.3) is 0 Å². The molecular formula is C16H17ClN2O2. The first-order chi connectivity index (χ1) is 9.90. The average Bonchev–Trinajstić information content (AvgIpc) is 2.46. The Morgan fingerprint density at radius 3 is 2.38 bits per heavy atom. The van der Waals surface area contributed by atoms with Crippen LogP contribution in [-0.4, -0.2) is 18.1 Å². The second-order valence-corrected chi connectivity index (χ2v) is 5.35. The van der Waals surface area contributed by atoms with Gasteiger partial charge in [0.1, 0.15) is 0 Å². The third kappa shape index (κ3) is 3.28. The lowest BCUT2D eigenvalue weighted by Gasteiger charge is -2.28. The third-order valence-electron chi connectivity index (χ3n) is 3.59. The molecule has 21 heavy (non-hydrogen) atoms. The molecule has 5 heteroatoms. The lowest BCUT2D eigenvalue weighted by molar-refractivity contribution is 0.0697. The van der Waals surface area contributed by atoms with E-state index < -0.39 is 5.97 Å². The third-order valence-corrected chi connectivity index (χ3v) is 3.84. The molecule has 4 nitrogen and oxygen atoms in total.